The maximum Gasteiger partial charge on any atom is 0.161 e. The summed E-state index contributed by atoms with van der Waals surface area (Å²) in [5, 5.41) is 7.66. The van der Waals surface area contributed by atoms with E-state index in [4.69, 9.17) is 4.99 Å². The van der Waals surface area contributed by atoms with E-state index < -0.39 is 0 Å². The molecule has 5 aromatic rings. The van der Waals surface area contributed by atoms with Gasteiger partial charge in [0.15, 0.2) is 11.7 Å². The molecule has 38 heavy (non-hydrogen) atoms. The average Bonchev–Trinajstić information content (AvgIpc) is 3.28. The Morgan fingerprint density at radius 1 is 0.658 bits per heavy atom. The lowest BCUT2D eigenvalue weighted by Gasteiger charge is -2.12. The van der Waals surface area contributed by atoms with Gasteiger partial charge in [-0.25, -0.2) is 9.98 Å². The number of hydrogen-bond acceptors (Lipinski definition) is 1. The summed E-state index contributed by atoms with van der Waals surface area (Å²) in [5.41, 5.74) is 4.16. The molecule has 0 unspecified atom stereocenters. The van der Waals surface area contributed by atoms with Gasteiger partial charge < -0.3 is 0 Å². The van der Waals surface area contributed by atoms with Crippen LogP contribution >= 0.6 is 0 Å². The minimum atomic E-state index is 0.552. The predicted molar refractivity (Wildman–Crippen MR) is 165 cm³/mol. The van der Waals surface area contributed by atoms with E-state index in [2.05, 4.69) is 120 Å². The van der Waals surface area contributed by atoms with Crippen LogP contribution in [0.25, 0.3) is 43.4 Å². The molecule has 1 aliphatic carbocycles. The highest BCUT2D eigenvalue weighted by Crippen LogP contribution is 2.37. The fraction of sp³-hybridized carbons (Fsp3) is 0.0571. The maximum atomic E-state index is 4.74. The van der Waals surface area contributed by atoms with Crippen LogP contribution in [-0.4, -0.2) is 25.4 Å². The van der Waals surface area contributed by atoms with Crippen LogP contribution in [0.15, 0.2) is 142 Å². The number of allylic oxidation sites excluding steroid dienone is 4. The van der Waals surface area contributed by atoms with Gasteiger partial charge in [-0.2, -0.15) is 0 Å². The number of nitrogens with zero attached hydrogens (tertiary/aromatic N) is 3. The van der Waals surface area contributed by atoms with Gasteiger partial charge in [-0.1, -0.05) is 115 Å². The summed E-state index contributed by atoms with van der Waals surface area (Å²) in [6.07, 6.45) is 11.2. The highest BCUT2D eigenvalue weighted by Gasteiger charge is 2.11. The molecule has 0 aromatic heterocycles. The van der Waals surface area contributed by atoms with Gasteiger partial charge in [-0.3, -0.25) is 4.99 Å². The minimum absolute atomic E-state index is 0.552. The summed E-state index contributed by atoms with van der Waals surface area (Å²) in [4.78, 5) is 13.4. The molecule has 0 bridgehead atoms. The smallest absolute Gasteiger partial charge is 0.161 e. The predicted octanol–water partition coefficient (Wildman–Crippen LogP) is 8.73. The Morgan fingerprint density at radius 3 is 1.89 bits per heavy atom. The zero-order valence-corrected chi connectivity index (χ0v) is 21.3. The van der Waals surface area contributed by atoms with Crippen molar-refractivity contribution in [2.45, 2.75) is 6.42 Å². The third-order valence-corrected chi connectivity index (χ3v) is 7.03. The van der Waals surface area contributed by atoms with Crippen LogP contribution in [0.5, 0.6) is 0 Å². The summed E-state index contributed by atoms with van der Waals surface area (Å²) in [6.45, 7) is 3.77. The monoisotopic (exact) mass is 489 g/mol. The van der Waals surface area contributed by atoms with E-state index in [-0.39, 0.29) is 0 Å². The first-order valence-electron chi connectivity index (χ1n) is 12.8. The number of hydrogen-bond donors (Lipinski definition) is 0. The summed E-state index contributed by atoms with van der Waals surface area (Å²) in [7, 11) is 1.75. The van der Waals surface area contributed by atoms with Crippen LogP contribution in [-0.2, 0) is 0 Å². The molecule has 0 radical (unpaired) electrons. The molecule has 6 rings (SSSR count). The largest absolute Gasteiger partial charge is 0.270 e. The van der Waals surface area contributed by atoms with E-state index in [0.717, 1.165) is 23.1 Å². The molecule has 3 heteroatoms. The first kappa shape index (κ1) is 23.5. The van der Waals surface area contributed by atoms with E-state index in [1.807, 2.05) is 18.2 Å². The van der Waals surface area contributed by atoms with Crippen molar-refractivity contribution in [2.24, 2.45) is 15.0 Å². The van der Waals surface area contributed by atoms with Gasteiger partial charge in [0.25, 0.3) is 0 Å². The number of benzene rings is 5. The van der Waals surface area contributed by atoms with Crippen molar-refractivity contribution < 1.29 is 0 Å². The normalized spacial score (nSPS) is 14.2. The Balaban J connectivity index is 1.40. The van der Waals surface area contributed by atoms with Crippen LogP contribution in [0.4, 0.5) is 0 Å². The zero-order chi connectivity index (χ0) is 25.9. The van der Waals surface area contributed by atoms with Crippen molar-refractivity contribution in [3.63, 3.8) is 0 Å². The van der Waals surface area contributed by atoms with Crippen molar-refractivity contribution in [3.8, 4) is 11.1 Å². The molecule has 0 aliphatic heterocycles. The van der Waals surface area contributed by atoms with Crippen molar-refractivity contribution >= 4 is 50.7 Å². The molecule has 0 saturated carbocycles. The standard InChI is InChI=1S/C35H27N3/c1-36-34(25-11-5-3-4-6-12-25)38-35(37-2)26-19-17-24(18-20-26)27-21-22-32-30-15-8-7-13-28(30)29-14-9-10-16-31(29)33(32)23-27/h3,5-23H,2,4H2,1H3. The van der Waals surface area contributed by atoms with E-state index in [9.17, 15) is 0 Å². The molecule has 0 N–H and O–H groups in total. The number of aliphatic imine (C=N–C) groups is 3. The Kier molecular flexibility index (Phi) is 6.33. The summed E-state index contributed by atoms with van der Waals surface area (Å²) in [5.74, 6) is 1.18. The Hall–Kier alpha value is -4.89. The fourth-order valence-electron chi connectivity index (χ4n) is 5.16. The minimum Gasteiger partial charge on any atom is -0.270 e. The lowest BCUT2D eigenvalue weighted by Crippen LogP contribution is -2.05. The van der Waals surface area contributed by atoms with Gasteiger partial charge in [0, 0.05) is 18.2 Å². The van der Waals surface area contributed by atoms with Gasteiger partial charge in [0.1, 0.15) is 0 Å². The summed E-state index contributed by atoms with van der Waals surface area (Å²) in [6, 6.07) is 32.4. The Labute approximate surface area is 222 Å². The van der Waals surface area contributed by atoms with Crippen LogP contribution in [0.2, 0.25) is 0 Å². The lowest BCUT2D eigenvalue weighted by atomic mass is 9.92. The summed E-state index contributed by atoms with van der Waals surface area (Å²) >= 11 is 0. The SMILES string of the molecule is C=NC(=NC(=NC)C1=CC=CCC=C1)c1ccc(-c2ccc3c4ccccc4c4ccccc4c3c2)cc1. The molecular weight excluding hydrogens is 462 g/mol. The lowest BCUT2D eigenvalue weighted by molar-refractivity contribution is 1.37. The molecule has 0 amide bonds. The summed E-state index contributed by atoms with van der Waals surface area (Å²) < 4.78 is 0. The molecule has 5 aromatic carbocycles. The van der Waals surface area contributed by atoms with Crippen molar-refractivity contribution in [2.75, 3.05) is 7.05 Å². The molecule has 1 aliphatic rings. The number of amidine groups is 2. The Morgan fingerprint density at radius 2 is 1.26 bits per heavy atom. The molecule has 0 atom stereocenters. The highest BCUT2D eigenvalue weighted by atomic mass is 15.0. The van der Waals surface area contributed by atoms with Gasteiger partial charge >= 0.3 is 0 Å². The van der Waals surface area contributed by atoms with Crippen molar-refractivity contribution in [3.05, 3.63) is 133 Å². The van der Waals surface area contributed by atoms with E-state index in [1.165, 1.54) is 37.9 Å². The van der Waals surface area contributed by atoms with Crippen LogP contribution in [0, 0.1) is 0 Å². The van der Waals surface area contributed by atoms with Gasteiger partial charge in [0.2, 0.25) is 0 Å². The molecule has 0 saturated heterocycles. The molecule has 182 valence electrons. The zero-order valence-electron chi connectivity index (χ0n) is 21.3. The molecule has 3 nitrogen and oxygen atoms in total. The Bertz CT molecular complexity index is 1810. The van der Waals surface area contributed by atoms with Crippen molar-refractivity contribution in [1.82, 2.24) is 0 Å². The van der Waals surface area contributed by atoms with E-state index in [1.54, 1.807) is 7.05 Å². The first-order valence-corrected chi connectivity index (χ1v) is 12.8. The average molecular weight is 490 g/mol. The molecular formula is C35H27N3. The van der Waals surface area contributed by atoms with E-state index in [0.29, 0.717) is 11.7 Å². The first-order chi connectivity index (χ1) is 18.8. The van der Waals surface area contributed by atoms with Gasteiger partial charge in [-0.15, -0.1) is 0 Å². The van der Waals surface area contributed by atoms with Gasteiger partial charge in [0.05, 0.1) is 0 Å². The fourth-order valence-corrected chi connectivity index (χ4v) is 5.16. The second kappa shape index (κ2) is 10.2. The van der Waals surface area contributed by atoms with Gasteiger partial charge in [-0.05, 0) is 62.6 Å². The second-order valence-electron chi connectivity index (χ2n) is 9.26. The van der Waals surface area contributed by atoms with Crippen LogP contribution in [0.3, 0.4) is 0 Å². The third-order valence-electron chi connectivity index (χ3n) is 7.03. The highest BCUT2D eigenvalue weighted by molar-refractivity contribution is 6.25. The van der Waals surface area contributed by atoms with Crippen LogP contribution < -0.4 is 0 Å². The topological polar surface area (TPSA) is 37.1 Å². The quantitative estimate of drug-likeness (QED) is 0.138. The third kappa shape index (κ3) is 4.29. The number of rotatable bonds is 3. The molecule has 0 spiro atoms. The number of fused-ring (bicyclic) bond motifs is 6. The molecule has 0 fully saturated rings. The van der Waals surface area contributed by atoms with Crippen molar-refractivity contribution in [1.29, 1.82) is 0 Å². The molecule has 0 heterocycles. The van der Waals surface area contributed by atoms with E-state index >= 15 is 0 Å². The van der Waals surface area contributed by atoms with Crippen LogP contribution in [0.1, 0.15) is 12.0 Å². The second-order valence-corrected chi connectivity index (χ2v) is 9.26. The maximum absolute atomic E-state index is 4.74.